The molecule has 3 rings (SSSR count). The van der Waals surface area contributed by atoms with Gasteiger partial charge in [-0.2, -0.15) is 0 Å². The lowest BCUT2D eigenvalue weighted by molar-refractivity contribution is 0.0787. The molecule has 2 aromatic rings. The number of hydrogen-bond donors (Lipinski definition) is 1. The Hall–Kier alpha value is -2.56. The first-order valence-electron chi connectivity index (χ1n) is 10.0. The van der Waals surface area contributed by atoms with E-state index in [4.69, 9.17) is 0 Å². The zero-order valence-electron chi connectivity index (χ0n) is 16.4. The zero-order chi connectivity index (χ0) is 19.1. The summed E-state index contributed by atoms with van der Waals surface area (Å²) in [6, 6.07) is 12.2. The van der Waals surface area contributed by atoms with Gasteiger partial charge in [0.05, 0.1) is 0 Å². The van der Waals surface area contributed by atoms with E-state index in [-0.39, 0.29) is 5.91 Å². The van der Waals surface area contributed by atoms with Gasteiger partial charge in [0.25, 0.3) is 5.91 Å². The number of carbonyl (C=O) groups excluding carboxylic acids is 1. The smallest absolute Gasteiger partial charge is 0.272 e. The van der Waals surface area contributed by atoms with Crippen LogP contribution in [-0.2, 0) is 0 Å². The Labute approximate surface area is 162 Å². The second-order valence-corrected chi connectivity index (χ2v) is 7.23. The van der Waals surface area contributed by atoms with E-state index in [1.54, 1.807) is 11.1 Å². The third-order valence-corrected chi connectivity index (χ3v) is 5.05. The van der Waals surface area contributed by atoms with Gasteiger partial charge in [-0.1, -0.05) is 13.3 Å². The Bertz CT molecular complexity index is 738. The van der Waals surface area contributed by atoms with E-state index in [2.05, 4.69) is 46.4 Å². The van der Waals surface area contributed by atoms with Crippen molar-refractivity contribution in [1.82, 2.24) is 9.88 Å². The predicted octanol–water partition coefficient (Wildman–Crippen LogP) is 4.69. The van der Waals surface area contributed by atoms with Gasteiger partial charge in [-0.05, 0) is 62.1 Å². The van der Waals surface area contributed by atoms with Crippen LogP contribution in [0.2, 0.25) is 0 Å². The topological polar surface area (TPSA) is 48.5 Å². The molecule has 1 amide bonds. The van der Waals surface area contributed by atoms with Crippen LogP contribution in [0.25, 0.3) is 0 Å². The Kier molecular flexibility index (Phi) is 6.69. The van der Waals surface area contributed by atoms with Crippen molar-refractivity contribution in [2.24, 2.45) is 0 Å². The van der Waals surface area contributed by atoms with Gasteiger partial charge in [-0.15, -0.1) is 0 Å². The highest BCUT2D eigenvalue weighted by molar-refractivity contribution is 5.93. The molecule has 5 nitrogen and oxygen atoms in total. The van der Waals surface area contributed by atoms with Crippen LogP contribution in [0.15, 0.2) is 42.6 Å². The molecule has 5 heteroatoms. The molecule has 0 radical (unpaired) electrons. The fraction of sp³-hybridized carbons (Fsp3) is 0.455. The molecule has 0 saturated carbocycles. The van der Waals surface area contributed by atoms with Crippen LogP contribution in [0.3, 0.4) is 0 Å². The van der Waals surface area contributed by atoms with Crippen molar-refractivity contribution in [2.75, 3.05) is 36.9 Å². The molecule has 0 bridgehead atoms. The van der Waals surface area contributed by atoms with Gasteiger partial charge in [-0.25, -0.2) is 0 Å². The number of piperidine rings is 1. The molecule has 0 unspecified atom stereocenters. The van der Waals surface area contributed by atoms with Gasteiger partial charge in [0, 0.05) is 49.9 Å². The first-order chi connectivity index (χ1) is 13.2. The molecule has 0 atom stereocenters. The summed E-state index contributed by atoms with van der Waals surface area (Å²) in [4.78, 5) is 20.9. The largest absolute Gasteiger partial charge is 0.372 e. The van der Waals surface area contributed by atoms with Crippen LogP contribution < -0.4 is 10.2 Å². The minimum atomic E-state index is -0.0347. The van der Waals surface area contributed by atoms with Crippen molar-refractivity contribution in [3.8, 4) is 0 Å². The molecule has 1 aromatic carbocycles. The lowest BCUT2D eigenvalue weighted by Crippen LogP contribution is -2.29. The van der Waals surface area contributed by atoms with Crippen molar-refractivity contribution in [3.05, 3.63) is 48.3 Å². The van der Waals surface area contributed by atoms with E-state index < -0.39 is 0 Å². The number of unbranched alkanes of at least 4 members (excludes halogenated alkanes) is 1. The predicted molar refractivity (Wildman–Crippen MR) is 112 cm³/mol. The van der Waals surface area contributed by atoms with Gasteiger partial charge in [-0.3, -0.25) is 9.78 Å². The fourth-order valence-electron chi connectivity index (χ4n) is 3.39. The quantitative estimate of drug-likeness (QED) is 0.772. The molecule has 1 saturated heterocycles. The highest BCUT2D eigenvalue weighted by Crippen LogP contribution is 2.24. The standard InChI is InChI=1S/C22H30N4O/c1-3-4-14-25(2)22(27)21-17-19(12-13-23-21)24-18-8-10-20(11-9-18)26-15-6-5-7-16-26/h8-13,17H,3-7,14-16H2,1-2H3,(H,23,24). The third-order valence-electron chi connectivity index (χ3n) is 5.05. The monoisotopic (exact) mass is 366 g/mol. The average molecular weight is 367 g/mol. The molecule has 1 aromatic heterocycles. The first-order valence-corrected chi connectivity index (χ1v) is 10.0. The number of benzene rings is 1. The number of amides is 1. The summed E-state index contributed by atoms with van der Waals surface area (Å²) >= 11 is 0. The molecule has 144 valence electrons. The fourth-order valence-corrected chi connectivity index (χ4v) is 3.39. The first kappa shape index (κ1) is 19.2. The van der Waals surface area contributed by atoms with Crippen LogP contribution in [0.5, 0.6) is 0 Å². The van der Waals surface area contributed by atoms with E-state index >= 15 is 0 Å². The summed E-state index contributed by atoms with van der Waals surface area (Å²) in [5.41, 5.74) is 3.65. The van der Waals surface area contributed by atoms with E-state index in [9.17, 15) is 4.79 Å². The Morgan fingerprint density at radius 3 is 2.56 bits per heavy atom. The van der Waals surface area contributed by atoms with Gasteiger partial charge in [0.2, 0.25) is 0 Å². The van der Waals surface area contributed by atoms with Crippen molar-refractivity contribution < 1.29 is 4.79 Å². The molecular weight excluding hydrogens is 336 g/mol. The molecule has 2 heterocycles. The molecule has 1 N–H and O–H groups in total. The van der Waals surface area contributed by atoms with Crippen molar-refractivity contribution in [1.29, 1.82) is 0 Å². The molecule has 1 fully saturated rings. The minimum Gasteiger partial charge on any atom is -0.372 e. The summed E-state index contributed by atoms with van der Waals surface area (Å²) in [5.74, 6) is -0.0347. The summed E-state index contributed by atoms with van der Waals surface area (Å²) in [5, 5.41) is 3.38. The highest BCUT2D eigenvalue weighted by Gasteiger charge is 2.13. The molecule has 1 aliphatic heterocycles. The number of nitrogens with zero attached hydrogens (tertiary/aromatic N) is 3. The summed E-state index contributed by atoms with van der Waals surface area (Å²) in [6.45, 7) is 5.17. The lowest BCUT2D eigenvalue weighted by Gasteiger charge is -2.28. The van der Waals surface area contributed by atoms with Crippen molar-refractivity contribution >= 4 is 23.0 Å². The highest BCUT2D eigenvalue weighted by atomic mass is 16.2. The maximum atomic E-state index is 12.5. The number of pyridine rings is 1. The number of nitrogens with one attached hydrogen (secondary N) is 1. The summed E-state index contributed by atoms with van der Waals surface area (Å²) < 4.78 is 0. The Morgan fingerprint density at radius 2 is 1.85 bits per heavy atom. The number of rotatable bonds is 7. The number of anilines is 3. The molecule has 0 spiro atoms. The molecule has 0 aliphatic carbocycles. The average Bonchev–Trinajstić information content (AvgIpc) is 2.73. The van der Waals surface area contributed by atoms with Crippen molar-refractivity contribution in [3.63, 3.8) is 0 Å². The maximum Gasteiger partial charge on any atom is 0.272 e. The number of hydrogen-bond acceptors (Lipinski definition) is 4. The second kappa shape index (κ2) is 9.40. The van der Waals surface area contributed by atoms with E-state index in [0.717, 1.165) is 43.9 Å². The molecular formula is C22H30N4O. The number of carbonyl (C=O) groups is 1. The summed E-state index contributed by atoms with van der Waals surface area (Å²) in [7, 11) is 1.83. The third kappa shape index (κ3) is 5.22. The SMILES string of the molecule is CCCCN(C)C(=O)c1cc(Nc2ccc(N3CCCCC3)cc2)ccn1. The second-order valence-electron chi connectivity index (χ2n) is 7.23. The Morgan fingerprint density at radius 1 is 1.11 bits per heavy atom. The van der Waals surface area contributed by atoms with Gasteiger partial charge < -0.3 is 15.1 Å². The normalized spacial score (nSPS) is 14.1. The van der Waals surface area contributed by atoms with Crippen LogP contribution in [0.4, 0.5) is 17.1 Å². The van der Waals surface area contributed by atoms with Gasteiger partial charge in [0.1, 0.15) is 5.69 Å². The lowest BCUT2D eigenvalue weighted by atomic mass is 10.1. The van der Waals surface area contributed by atoms with Gasteiger partial charge in [0.15, 0.2) is 0 Å². The van der Waals surface area contributed by atoms with Crippen LogP contribution in [-0.4, -0.2) is 42.5 Å². The van der Waals surface area contributed by atoms with E-state index in [0.29, 0.717) is 5.69 Å². The van der Waals surface area contributed by atoms with Crippen LogP contribution in [0.1, 0.15) is 49.5 Å². The maximum absolute atomic E-state index is 12.5. The zero-order valence-corrected chi connectivity index (χ0v) is 16.4. The molecule has 27 heavy (non-hydrogen) atoms. The van der Waals surface area contributed by atoms with E-state index in [1.165, 1.54) is 24.9 Å². The van der Waals surface area contributed by atoms with Crippen LogP contribution in [0, 0.1) is 0 Å². The van der Waals surface area contributed by atoms with Crippen LogP contribution >= 0.6 is 0 Å². The summed E-state index contributed by atoms with van der Waals surface area (Å²) in [6.07, 6.45) is 7.66. The van der Waals surface area contributed by atoms with Gasteiger partial charge >= 0.3 is 0 Å². The Balaban J connectivity index is 1.64. The molecule has 1 aliphatic rings. The number of aromatic nitrogens is 1. The minimum absolute atomic E-state index is 0.0347. The van der Waals surface area contributed by atoms with Crippen molar-refractivity contribution in [2.45, 2.75) is 39.0 Å². The van der Waals surface area contributed by atoms with E-state index in [1.807, 2.05) is 19.2 Å².